The van der Waals surface area contributed by atoms with E-state index in [0.29, 0.717) is 50.0 Å². The first-order valence-corrected chi connectivity index (χ1v) is 12.3. The van der Waals surface area contributed by atoms with Gasteiger partial charge in [0.2, 0.25) is 0 Å². The van der Waals surface area contributed by atoms with E-state index in [1.807, 2.05) is 19.1 Å². The second-order valence-corrected chi connectivity index (χ2v) is 8.68. The predicted octanol–water partition coefficient (Wildman–Crippen LogP) is 5.33. The Morgan fingerprint density at radius 2 is 1.81 bits per heavy atom. The van der Waals surface area contributed by atoms with E-state index in [9.17, 15) is 18.4 Å². The third-order valence-corrected chi connectivity index (χ3v) is 6.10. The summed E-state index contributed by atoms with van der Waals surface area (Å²) in [6, 6.07) is 15.5. The van der Waals surface area contributed by atoms with Gasteiger partial charge in [-0.15, -0.1) is 0 Å². The highest BCUT2D eigenvalue weighted by Crippen LogP contribution is 2.30. The fourth-order valence-electron chi connectivity index (χ4n) is 4.26. The minimum absolute atomic E-state index is 0.158. The Balaban J connectivity index is 1.52. The van der Waals surface area contributed by atoms with Crippen LogP contribution in [0.25, 0.3) is 0 Å². The normalized spacial score (nSPS) is 12.6. The molecule has 194 valence electrons. The molecule has 0 saturated heterocycles. The third kappa shape index (κ3) is 6.83. The first-order valence-electron chi connectivity index (χ1n) is 12.3. The molecule has 3 N–H and O–H groups in total. The molecule has 0 atom stereocenters. The second-order valence-electron chi connectivity index (χ2n) is 8.68. The number of anilines is 3. The summed E-state index contributed by atoms with van der Waals surface area (Å²) in [7, 11) is 0. The van der Waals surface area contributed by atoms with Gasteiger partial charge in [0, 0.05) is 50.3 Å². The lowest BCUT2D eigenvalue weighted by atomic mass is 9.98. The number of nitrogens with one attached hydrogen (secondary N) is 3. The van der Waals surface area contributed by atoms with Crippen LogP contribution in [0.3, 0.4) is 0 Å². The molecule has 0 saturated carbocycles. The molecule has 0 radical (unpaired) electrons. The quantitative estimate of drug-likeness (QED) is 0.342. The highest BCUT2D eigenvalue weighted by atomic mass is 19.1. The van der Waals surface area contributed by atoms with E-state index in [-0.39, 0.29) is 11.6 Å². The highest BCUT2D eigenvalue weighted by Gasteiger charge is 2.22. The van der Waals surface area contributed by atoms with Gasteiger partial charge in [-0.2, -0.15) is 0 Å². The molecule has 3 aromatic rings. The van der Waals surface area contributed by atoms with E-state index < -0.39 is 17.7 Å². The Morgan fingerprint density at radius 1 is 1.00 bits per heavy atom. The first kappa shape index (κ1) is 26.1. The predicted molar refractivity (Wildman–Crippen MR) is 140 cm³/mol. The van der Waals surface area contributed by atoms with Crippen molar-refractivity contribution in [3.05, 3.63) is 89.0 Å². The Labute approximate surface area is 214 Å². The van der Waals surface area contributed by atoms with Crippen molar-refractivity contribution in [2.75, 3.05) is 41.8 Å². The van der Waals surface area contributed by atoms with Crippen LogP contribution in [0, 0.1) is 11.6 Å². The maximum atomic E-state index is 13.9. The molecule has 1 aliphatic rings. The molecule has 0 aliphatic carbocycles. The summed E-state index contributed by atoms with van der Waals surface area (Å²) < 4.78 is 32.4. The third-order valence-electron chi connectivity index (χ3n) is 6.10. The zero-order chi connectivity index (χ0) is 26.2. The monoisotopic (exact) mass is 508 g/mol. The van der Waals surface area contributed by atoms with Gasteiger partial charge in [-0.25, -0.2) is 13.6 Å². The summed E-state index contributed by atoms with van der Waals surface area (Å²) >= 11 is 0. The number of carbonyl (C=O) groups is 2. The number of hydrogen-bond acceptors (Lipinski definition) is 4. The first-order chi connectivity index (χ1) is 17.9. The summed E-state index contributed by atoms with van der Waals surface area (Å²) in [5.41, 5.74) is 3.88. The molecular formula is C28H30F2N4O3. The highest BCUT2D eigenvalue weighted by molar-refractivity contribution is 6.04. The number of carbonyl (C=O) groups excluding carboxylic acids is 2. The van der Waals surface area contributed by atoms with Gasteiger partial charge in [0.05, 0.1) is 11.3 Å². The Bertz CT molecular complexity index is 1270. The van der Waals surface area contributed by atoms with Crippen molar-refractivity contribution in [1.82, 2.24) is 5.32 Å². The number of nitrogens with zero attached hydrogens (tertiary/aromatic N) is 1. The Morgan fingerprint density at radius 3 is 2.59 bits per heavy atom. The van der Waals surface area contributed by atoms with Crippen LogP contribution >= 0.6 is 0 Å². The van der Waals surface area contributed by atoms with Crippen molar-refractivity contribution in [2.45, 2.75) is 26.3 Å². The molecule has 1 heterocycles. The van der Waals surface area contributed by atoms with Gasteiger partial charge in [0.25, 0.3) is 5.91 Å². The van der Waals surface area contributed by atoms with Crippen LogP contribution in [0.4, 0.5) is 30.6 Å². The molecule has 37 heavy (non-hydrogen) atoms. The fourth-order valence-corrected chi connectivity index (χ4v) is 4.26. The number of ether oxygens (including phenoxy) is 1. The summed E-state index contributed by atoms with van der Waals surface area (Å²) in [6.45, 7) is 4.95. The van der Waals surface area contributed by atoms with Gasteiger partial charge in [-0.3, -0.25) is 4.79 Å². The van der Waals surface area contributed by atoms with E-state index >= 15 is 0 Å². The van der Waals surface area contributed by atoms with Gasteiger partial charge in [-0.05, 0) is 61.2 Å². The van der Waals surface area contributed by atoms with Gasteiger partial charge in [0.15, 0.2) is 0 Å². The van der Waals surface area contributed by atoms with Crippen LogP contribution in [0.5, 0.6) is 0 Å². The molecule has 3 amide bonds. The topological polar surface area (TPSA) is 82.7 Å². The van der Waals surface area contributed by atoms with Crippen molar-refractivity contribution >= 4 is 29.0 Å². The summed E-state index contributed by atoms with van der Waals surface area (Å²) in [4.78, 5) is 27.8. The van der Waals surface area contributed by atoms with Gasteiger partial charge < -0.3 is 25.6 Å². The van der Waals surface area contributed by atoms with Crippen molar-refractivity contribution in [3.8, 4) is 0 Å². The number of rotatable bonds is 9. The largest absolute Gasteiger partial charge is 0.382 e. The maximum Gasteiger partial charge on any atom is 0.323 e. The summed E-state index contributed by atoms with van der Waals surface area (Å²) in [6.07, 6.45) is 1.53. The van der Waals surface area contributed by atoms with E-state index in [0.717, 1.165) is 30.8 Å². The molecule has 0 fully saturated rings. The van der Waals surface area contributed by atoms with Crippen molar-refractivity contribution in [2.24, 2.45) is 0 Å². The molecule has 0 aromatic heterocycles. The number of benzene rings is 3. The van der Waals surface area contributed by atoms with E-state index in [4.69, 9.17) is 4.74 Å². The molecule has 1 aliphatic heterocycles. The van der Waals surface area contributed by atoms with Crippen molar-refractivity contribution in [1.29, 1.82) is 0 Å². The zero-order valence-corrected chi connectivity index (χ0v) is 20.7. The lowest BCUT2D eigenvalue weighted by Gasteiger charge is -2.32. The van der Waals surface area contributed by atoms with Crippen LogP contribution in [-0.4, -0.2) is 38.2 Å². The minimum Gasteiger partial charge on any atom is -0.382 e. The average molecular weight is 509 g/mol. The number of urea groups is 1. The molecular weight excluding hydrogens is 478 g/mol. The minimum atomic E-state index is -0.886. The number of halogens is 2. The number of hydrogen-bond donors (Lipinski definition) is 3. The van der Waals surface area contributed by atoms with E-state index in [1.54, 1.807) is 18.2 Å². The smallest absolute Gasteiger partial charge is 0.323 e. The molecule has 0 unspecified atom stereocenters. The number of amides is 3. The van der Waals surface area contributed by atoms with E-state index in [1.165, 1.54) is 11.1 Å². The van der Waals surface area contributed by atoms with E-state index in [2.05, 4.69) is 33.0 Å². The molecule has 0 bridgehead atoms. The second kappa shape index (κ2) is 12.3. The van der Waals surface area contributed by atoms with Gasteiger partial charge >= 0.3 is 6.03 Å². The van der Waals surface area contributed by atoms with Gasteiger partial charge in [-0.1, -0.05) is 24.3 Å². The van der Waals surface area contributed by atoms with Crippen LogP contribution in [0.2, 0.25) is 0 Å². The Hall–Kier alpha value is -3.98. The van der Waals surface area contributed by atoms with Crippen molar-refractivity contribution in [3.63, 3.8) is 0 Å². The lowest BCUT2D eigenvalue weighted by Crippen LogP contribution is -2.33. The SMILES string of the molecule is CCOCCCNC(=O)c1cc(NC(=O)Nc2ccc(F)cc2F)ccc1N1CCc2ccccc2C1. The van der Waals surface area contributed by atoms with Crippen LogP contribution in [0.1, 0.15) is 34.8 Å². The summed E-state index contributed by atoms with van der Waals surface area (Å²) in [5.74, 6) is -1.89. The maximum absolute atomic E-state index is 13.9. The molecule has 7 nitrogen and oxygen atoms in total. The van der Waals surface area contributed by atoms with Gasteiger partial charge in [0.1, 0.15) is 11.6 Å². The summed E-state index contributed by atoms with van der Waals surface area (Å²) in [5, 5.41) is 7.92. The zero-order valence-electron chi connectivity index (χ0n) is 20.7. The Kier molecular flexibility index (Phi) is 8.68. The fraction of sp³-hybridized carbons (Fsp3) is 0.286. The standard InChI is InChI=1S/C28H30F2N4O3/c1-2-37-15-5-13-31-27(35)23-17-22(32-28(36)33-25-10-8-21(29)16-24(25)30)9-11-26(23)34-14-12-19-6-3-4-7-20(19)18-34/h3-4,6-11,16-17H,2,5,12-15,18H2,1H3,(H,31,35)(H2,32,33,36). The molecule has 4 rings (SSSR count). The van der Waals surface area contributed by atoms with Crippen LogP contribution in [0.15, 0.2) is 60.7 Å². The van der Waals surface area contributed by atoms with Crippen LogP contribution < -0.4 is 20.9 Å². The molecule has 9 heteroatoms. The van der Waals surface area contributed by atoms with Crippen LogP contribution in [-0.2, 0) is 17.7 Å². The lowest BCUT2D eigenvalue weighted by molar-refractivity contribution is 0.0944. The average Bonchev–Trinajstić information content (AvgIpc) is 2.89. The molecule has 3 aromatic carbocycles. The molecule has 0 spiro atoms. The van der Waals surface area contributed by atoms with Crippen molar-refractivity contribution < 1.29 is 23.1 Å². The number of fused-ring (bicyclic) bond motifs is 1.